The molecule has 8 nitrogen and oxygen atoms in total. The first-order valence-corrected chi connectivity index (χ1v) is 10.9. The summed E-state index contributed by atoms with van der Waals surface area (Å²) < 4.78 is 13.9. The molecule has 0 aliphatic carbocycles. The molecule has 172 valence electrons. The Kier molecular flexibility index (Phi) is 6.35. The molecule has 2 aromatic heterocycles. The number of aryl methyl sites for hydroxylation is 1. The molecule has 0 spiro atoms. The lowest BCUT2D eigenvalue weighted by molar-refractivity contribution is -0.124. The van der Waals surface area contributed by atoms with Crippen molar-refractivity contribution >= 4 is 27.7 Å². The molecule has 0 saturated carbocycles. The highest BCUT2D eigenvalue weighted by atomic mass is 16.5. The van der Waals surface area contributed by atoms with Crippen LogP contribution >= 0.6 is 0 Å². The van der Waals surface area contributed by atoms with Gasteiger partial charge in [0, 0.05) is 30.4 Å². The summed E-state index contributed by atoms with van der Waals surface area (Å²) in [6, 6.07) is 12.8. The molecule has 0 aliphatic heterocycles. The van der Waals surface area contributed by atoms with Crippen LogP contribution in [-0.2, 0) is 18.3 Å². The van der Waals surface area contributed by atoms with Gasteiger partial charge in [0.05, 0.1) is 25.9 Å². The zero-order chi connectivity index (χ0) is 23.5. The van der Waals surface area contributed by atoms with E-state index < -0.39 is 6.04 Å². The lowest BCUT2D eigenvalue weighted by atomic mass is 10.1. The summed E-state index contributed by atoms with van der Waals surface area (Å²) >= 11 is 0. The van der Waals surface area contributed by atoms with Gasteiger partial charge >= 0.3 is 0 Å². The molecule has 0 fully saturated rings. The number of fused-ring (bicyclic) bond motifs is 3. The number of hydrogen-bond donors (Lipinski definition) is 1. The van der Waals surface area contributed by atoms with Crippen molar-refractivity contribution in [2.45, 2.75) is 25.8 Å². The van der Waals surface area contributed by atoms with Crippen molar-refractivity contribution in [3.8, 4) is 11.5 Å². The van der Waals surface area contributed by atoms with Crippen molar-refractivity contribution in [2.75, 3.05) is 20.8 Å². The Hall–Kier alpha value is -3.81. The highest BCUT2D eigenvalue weighted by Crippen LogP contribution is 2.31. The number of benzene rings is 2. The molecule has 4 rings (SSSR count). The summed E-state index contributed by atoms with van der Waals surface area (Å²) in [5, 5.41) is 8.89. The minimum absolute atomic E-state index is 0.133. The van der Waals surface area contributed by atoms with E-state index in [1.165, 1.54) is 4.68 Å². The monoisotopic (exact) mass is 448 g/mol. The minimum Gasteiger partial charge on any atom is -0.497 e. The van der Waals surface area contributed by atoms with Crippen LogP contribution in [0.1, 0.15) is 24.9 Å². The van der Waals surface area contributed by atoms with Crippen molar-refractivity contribution in [3.05, 3.63) is 64.6 Å². The Morgan fingerprint density at radius 2 is 1.91 bits per heavy atom. The van der Waals surface area contributed by atoms with Gasteiger partial charge in [-0.15, -0.1) is 0 Å². The van der Waals surface area contributed by atoms with Gasteiger partial charge in [0.25, 0.3) is 5.56 Å². The number of aromatic nitrogens is 3. The first kappa shape index (κ1) is 22.4. The van der Waals surface area contributed by atoms with Crippen molar-refractivity contribution < 1.29 is 14.3 Å². The Labute approximate surface area is 191 Å². The van der Waals surface area contributed by atoms with E-state index in [1.807, 2.05) is 54.0 Å². The Bertz CT molecular complexity index is 1370. The van der Waals surface area contributed by atoms with Gasteiger partial charge in [-0.3, -0.25) is 9.59 Å². The van der Waals surface area contributed by atoms with E-state index in [-0.39, 0.29) is 11.5 Å². The molecule has 0 saturated heterocycles. The number of methoxy groups -OCH3 is 2. The maximum atomic E-state index is 13.3. The Morgan fingerprint density at radius 1 is 1.12 bits per heavy atom. The highest BCUT2D eigenvalue weighted by molar-refractivity contribution is 6.08. The largest absolute Gasteiger partial charge is 0.497 e. The number of carbonyl (C=O) groups is 1. The summed E-state index contributed by atoms with van der Waals surface area (Å²) in [4.78, 5) is 26.3. The number of para-hydroxylation sites is 1. The van der Waals surface area contributed by atoms with Gasteiger partial charge in [-0.25, -0.2) is 4.68 Å². The first-order chi connectivity index (χ1) is 16.0. The van der Waals surface area contributed by atoms with Crippen molar-refractivity contribution in [2.24, 2.45) is 7.05 Å². The van der Waals surface area contributed by atoms with Gasteiger partial charge in [-0.05, 0) is 30.5 Å². The van der Waals surface area contributed by atoms with E-state index in [4.69, 9.17) is 9.47 Å². The number of amides is 1. The maximum absolute atomic E-state index is 13.3. The summed E-state index contributed by atoms with van der Waals surface area (Å²) in [7, 11) is 4.84. The third kappa shape index (κ3) is 4.04. The molecular weight excluding hydrogens is 420 g/mol. The molecule has 4 aromatic rings. The second-order valence-electron chi connectivity index (χ2n) is 7.87. The molecule has 33 heavy (non-hydrogen) atoms. The summed E-state index contributed by atoms with van der Waals surface area (Å²) in [6.07, 6.45) is 2.83. The minimum atomic E-state index is -0.528. The highest BCUT2D eigenvalue weighted by Gasteiger charge is 2.25. The fourth-order valence-electron chi connectivity index (χ4n) is 4.29. The van der Waals surface area contributed by atoms with Crippen LogP contribution in [0.2, 0.25) is 0 Å². The number of hydrogen-bond acceptors (Lipinski definition) is 5. The lowest BCUT2D eigenvalue weighted by Crippen LogP contribution is -2.34. The van der Waals surface area contributed by atoms with Crippen LogP contribution in [0.3, 0.4) is 0 Å². The second kappa shape index (κ2) is 9.36. The normalized spacial score (nSPS) is 12.1. The summed E-state index contributed by atoms with van der Waals surface area (Å²) in [5.41, 5.74) is 2.09. The third-order valence-corrected chi connectivity index (χ3v) is 6.00. The number of carbonyl (C=O) groups excluding carboxylic acids is 1. The molecule has 1 N–H and O–H groups in total. The second-order valence-corrected chi connectivity index (χ2v) is 7.87. The van der Waals surface area contributed by atoms with Crippen molar-refractivity contribution in [3.63, 3.8) is 0 Å². The SMILES string of the molecule is CC[C@H](C(=O)NCCc1ccc(OC)cc1OC)n1c2ccccc2c2cnn(C)c(=O)c21. The van der Waals surface area contributed by atoms with E-state index in [1.54, 1.807) is 27.5 Å². The molecule has 8 heteroatoms. The Morgan fingerprint density at radius 3 is 2.64 bits per heavy atom. The lowest BCUT2D eigenvalue weighted by Gasteiger charge is -2.19. The van der Waals surface area contributed by atoms with Crippen LogP contribution in [0.25, 0.3) is 21.8 Å². The standard InChI is InChI=1S/C25H28N4O4/c1-5-20(24(30)26-13-12-16-10-11-17(32-3)14-22(16)33-4)29-21-9-7-6-8-18(21)19-15-27-28(2)25(31)23(19)29/h6-11,14-15,20H,5,12-13H2,1-4H3,(H,26,30)/t20-/m1/s1. The van der Waals surface area contributed by atoms with E-state index >= 15 is 0 Å². The van der Waals surface area contributed by atoms with Gasteiger partial charge in [-0.2, -0.15) is 5.10 Å². The topological polar surface area (TPSA) is 87.4 Å². The van der Waals surface area contributed by atoms with Gasteiger partial charge in [0.2, 0.25) is 5.91 Å². The smallest absolute Gasteiger partial charge is 0.291 e. The summed E-state index contributed by atoms with van der Waals surface area (Å²) in [6.45, 7) is 2.39. The van der Waals surface area contributed by atoms with Crippen LogP contribution in [0.15, 0.2) is 53.5 Å². The molecule has 0 bridgehead atoms. The molecule has 1 amide bonds. The van der Waals surface area contributed by atoms with Crippen LogP contribution in [-0.4, -0.2) is 41.0 Å². The molecule has 0 radical (unpaired) electrons. The van der Waals surface area contributed by atoms with Crippen molar-refractivity contribution in [1.29, 1.82) is 0 Å². The number of rotatable bonds is 8. The van der Waals surface area contributed by atoms with E-state index in [9.17, 15) is 9.59 Å². The molecule has 2 aromatic carbocycles. The van der Waals surface area contributed by atoms with Crippen LogP contribution < -0.4 is 20.3 Å². The zero-order valence-electron chi connectivity index (χ0n) is 19.3. The van der Waals surface area contributed by atoms with Gasteiger partial charge in [-0.1, -0.05) is 31.2 Å². The molecular formula is C25H28N4O4. The molecule has 1 atom stereocenters. The van der Waals surface area contributed by atoms with E-state index in [2.05, 4.69) is 10.4 Å². The summed E-state index contributed by atoms with van der Waals surface area (Å²) in [5.74, 6) is 1.30. The first-order valence-electron chi connectivity index (χ1n) is 10.9. The third-order valence-electron chi connectivity index (χ3n) is 6.00. The molecule has 0 aliphatic rings. The maximum Gasteiger partial charge on any atom is 0.291 e. The fourth-order valence-corrected chi connectivity index (χ4v) is 4.29. The number of nitrogens with zero attached hydrogens (tertiary/aromatic N) is 3. The van der Waals surface area contributed by atoms with Gasteiger partial charge in [0.1, 0.15) is 23.1 Å². The van der Waals surface area contributed by atoms with Crippen LogP contribution in [0.5, 0.6) is 11.5 Å². The predicted octanol–water partition coefficient (Wildman–Crippen LogP) is 3.22. The van der Waals surface area contributed by atoms with Gasteiger partial charge < -0.3 is 19.4 Å². The average Bonchev–Trinajstić information content (AvgIpc) is 3.17. The number of ether oxygens (including phenoxy) is 2. The average molecular weight is 449 g/mol. The Balaban J connectivity index is 1.63. The van der Waals surface area contributed by atoms with Gasteiger partial charge in [0.15, 0.2) is 0 Å². The quantitative estimate of drug-likeness (QED) is 0.447. The van der Waals surface area contributed by atoms with Crippen LogP contribution in [0, 0.1) is 0 Å². The van der Waals surface area contributed by atoms with Crippen molar-refractivity contribution in [1.82, 2.24) is 19.7 Å². The van der Waals surface area contributed by atoms with E-state index in [0.717, 1.165) is 21.9 Å². The zero-order valence-corrected chi connectivity index (χ0v) is 19.3. The molecule has 0 unspecified atom stereocenters. The predicted molar refractivity (Wildman–Crippen MR) is 128 cm³/mol. The fraction of sp³-hybridized carbons (Fsp3) is 0.320. The van der Waals surface area contributed by atoms with Crippen LogP contribution in [0.4, 0.5) is 0 Å². The molecule has 2 heterocycles. The van der Waals surface area contributed by atoms with E-state index in [0.29, 0.717) is 36.4 Å². The number of nitrogens with one attached hydrogen (secondary N) is 1.